The van der Waals surface area contributed by atoms with Gasteiger partial charge in [0.2, 0.25) is 5.91 Å². The number of amides is 2. The molecule has 10 heteroatoms. The van der Waals surface area contributed by atoms with Crippen LogP contribution in [0.5, 0.6) is 0 Å². The molecule has 0 unspecified atom stereocenters. The van der Waals surface area contributed by atoms with E-state index in [2.05, 4.69) is 5.32 Å². The van der Waals surface area contributed by atoms with E-state index in [4.69, 9.17) is 16.3 Å². The fourth-order valence-corrected chi connectivity index (χ4v) is 3.00. The van der Waals surface area contributed by atoms with Gasteiger partial charge in [0.15, 0.2) is 6.61 Å². The third kappa shape index (κ3) is 5.08. The highest BCUT2D eigenvalue weighted by Crippen LogP contribution is 2.28. The Morgan fingerprint density at radius 1 is 1.24 bits per heavy atom. The number of benzene rings is 2. The first-order chi connectivity index (χ1) is 13.8. The lowest BCUT2D eigenvalue weighted by Gasteiger charge is -2.16. The Balaban J connectivity index is 1.55. The number of carbonyl (C=O) groups is 3. The molecular weight excluding hydrogens is 402 g/mol. The molecule has 1 N–H and O–H groups in total. The zero-order valence-corrected chi connectivity index (χ0v) is 15.8. The average Bonchev–Trinajstić information content (AvgIpc) is 3.10. The van der Waals surface area contributed by atoms with Crippen LogP contribution >= 0.6 is 11.6 Å². The maximum atomic E-state index is 12.2. The molecule has 0 saturated carbocycles. The third-order valence-corrected chi connectivity index (χ3v) is 4.54. The van der Waals surface area contributed by atoms with Crippen molar-refractivity contribution < 1.29 is 24.0 Å². The van der Waals surface area contributed by atoms with Crippen molar-refractivity contribution in [2.75, 3.05) is 23.4 Å². The van der Waals surface area contributed by atoms with E-state index in [1.54, 1.807) is 30.3 Å². The Kier molecular flexibility index (Phi) is 6.08. The summed E-state index contributed by atoms with van der Waals surface area (Å²) >= 11 is 5.77. The lowest BCUT2D eigenvalue weighted by Crippen LogP contribution is -2.28. The number of nitrogens with one attached hydrogen (secondary N) is 1. The van der Waals surface area contributed by atoms with Crippen LogP contribution in [0.25, 0.3) is 0 Å². The highest BCUT2D eigenvalue weighted by Gasteiger charge is 2.36. The van der Waals surface area contributed by atoms with Crippen molar-refractivity contribution in [1.29, 1.82) is 0 Å². The van der Waals surface area contributed by atoms with Crippen LogP contribution in [0.2, 0.25) is 5.02 Å². The van der Waals surface area contributed by atoms with E-state index in [1.807, 2.05) is 0 Å². The average molecular weight is 418 g/mol. The molecule has 1 heterocycles. The molecule has 1 atom stereocenters. The summed E-state index contributed by atoms with van der Waals surface area (Å²) in [5.74, 6) is -2.32. The SMILES string of the molecule is O=C(COC(=O)[C@H]1CC(=O)N(c2cccc([N+](=O)[O-])c2)C1)Nc1ccc(Cl)cc1. The molecule has 0 spiro atoms. The number of hydrogen-bond acceptors (Lipinski definition) is 6. The van der Waals surface area contributed by atoms with E-state index < -0.39 is 29.3 Å². The van der Waals surface area contributed by atoms with Crippen molar-refractivity contribution in [3.8, 4) is 0 Å². The Labute approximate surface area is 170 Å². The number of nitrogens with zero attached hydrogens (tertiary/aromatic N) is 2. The highest BCUT2D eigenvalue weighted by molar-refractivity contribution is 6.30. The molecule has 0 radical (unpaired) electrons. The fraction of sp³-hybridized carbons (Fsp3) is 0.211. The summed E-state index contributed by atoms with van der Waals surface area (Å²) in [6, 6.07) is 12.0. The largest absolute Gasteiger partial charge is 0.455 e. The molecule has 1 saturated heterocycles. The summed E-state index contributed by atoms with van der Waals surface area (Å²) in [7, 11) is 0. The summed E-state index contributed by atoms with van der Waals surface area (Å²) in [6.45, 7) is -0.472. The molecular formula is C19H16ClN3O6. The van der Waals surface area contributed by atoms with Crippen molar-refractivity contribution in [2.45, 2.75) is 6.42 Å². The fourth-order valence-electron chi connectivity index (χ4n) is 2.87. The quantitative estimate of drug-likeness (QED) is 0.438. The predicted molar refractivity (Wildman–Crippen MR) is 105 cm³/mol. The summed E-state index contributed by atoms with van der Waals surface area (Å²) < 4.78 is 5.01. The van der Waals surface area contributed by atoms with Gasteiger partial charge in [-0.3, -0.25) is 24.5 Å². The summed E-state index contributed by atoms with van der Waals surface area (Å²) in [6.07, 6.45) is -0.0969. The van der Waals surface area contributed by atoms with Crippen molar-refractivity contribution in [3.63, 3.8) is 0 Å². The van der Waals surface area contributed by atoms with Crippen LogP contribution < -0.4 is 10.2 Å². The molecule has 0 aliphatic carbocycles. The number of non-ortho nitro benzene ring substituents is 1. The van der Waals surface area contributed by atoms with E-state index in [0.717, 1.165) is 0 Å². The van der Waals surface area contributed by atoms with E-state index >= 15 is 0 Å². The van der Waals surface area contributed by atoms with Crippen molar-refractivity contribution in [2.24, 2.45) is 5.92 Å². The van der Waals surface area contributed by atoms with Crippen molar-refractivity contribution in [3.05, 3.63) is 63.7 Å². The minimum absolute atomic E-state index is 0.0254. The van der Waals surface area contributed by atoms with Gasteiger partial charge in [0.1, 0.15) is 0 Å². The first kappa shape index (κ1) is 20.3. The van der Waals surface area contributed by atoms with E-state index in [9.17, 15) is 24.5 Å². The first-order valence-corrected chi connectivity index (χ1v) is 8.98. The van der Waals surface area contributed by atoms with Gasteiger partial charge in [0.25, 0.3) is 11.6 Å². The topological polar surface area (TPSA) is 119 Å². The van der Waals surface area contributed by atoms with Crippen molar-refractivity contribution >= 4 is 46.4 Å². The molecule has 0 bridgehead atoms. The summed E-state index contributed by atoms with van der Waals surface area (Å²) in [5.41, 5.74) is 0.684. The Morgan fingerprint density at radius 3 is 2.66 bits per heavy atom. The Bertz CT molecular complexity index is 963. The predicted octanol–water partition coefficient (Wildman–Crippen LogP) is 2.78. The number of esters is 1. The number of halogens is 1. The van der Waals surface area contributed by atoms with Crippen LogP contribution in [0.1, 0.15) is 6.42 Å². The molecule has 0 aromatic heterocycles. The Hall–Kier alpha value is -3.46. The smallest absolute Gasteiger partial charge is 0.311 e. The molecule has 3 rings (SSSR count). The number of rotatable bonds is 6. The van der Waals surface area contributed by atoms with Gasteiger partial charge in [-0.25, -0.2) is 0 Å². The van der Waals surface area contributed by atoms with Crippen molar-refractivity contribution in [1.82, 2.24) is 0 Å². The van der Waals surface area contributed by atoms with E-state index in [0.29, 0.717) is 16.4 Å². The van der Waals surface area contributed by atoms with Gasteiger partial charge in [-0.1, -0.05) is 17.7 Å². The molecule has 2 amide bonds. The number of nitro benzene ring substituents is 1. The summed E-state index contributed by atoms with van der Waals surface area (Å²) in [5, 5.41) is 14.0. The van der Waals surface area contributed by atoms with Crippen LogP contribution in [0.4, 0.5) is 17.1 Å². The normalized spacial score (nSPS) is 15.8. The van der Waals surface area contributed by atoms with Gasteiger partial charge >= 0.3 is 5.97 Å². The van der Waals surface area contributed by atoms with Crippen LogP contribution in [-0.2, 0) is 19.1 Å². The lowest BCUT2D eigenvalue weighted by molar-refractivity contribution is -0.384. The number of ether oxygens (including phenoxy) is 1. The van der Waals surface area contributed by atoms with Gasteiger partial charge in [-0.05, 0) is 30.3 Å². The molecule has 9 nitrogen and oxygen atoms in total. The Morgan fingerprint density at radius 2 is 1.97 bits per heavy atom. The number of carbonyl (C=O) groups excluding carboxylic acids is 3. The van der Waals surface area contributed by atoms with Gasteiger partial charge in [0, 0.05) is 35.8 Å². The second kappa shape index (κ2) is 8.70. The van der Waals surface area contributed by atoms with Gasteiger partial charge in [-0.15, -0.1) is 0 Å². The molecule has 1 aliphatic rings. The first-order valence-electron chi connectivity index (χ1n) is 8.60. The molecule has 1 fully saturated rings. The minimum atomic E-state index is -0.759. The second-order valence-corrected chi connectivity index (χ2v) is 6.78. The lowest BCUT2D eigenvalue weighted by atomic mass is 10.1. The number of anilines is 2. The molecule has 2 aromatic rings. The van der Waals surface area contributed by atoms with Gasteiger partial charge in [-0.2, -0.15) is 0 Å². The van der Waals surface area contributed by atoms with Crippen LogP contribution in [0, 0.1) is 16.0 Å². The molecule has 1 aliphatic heterocycles. The minimum Gasteiger partial charge on any atom is -0.455 e. The van der Waals surface area contributed by atoms with Crippen LogP contribution in [-0.4, -0.2) is 35.9 Å². The number of hydrogen-bond donors (Lipinski definition) is 1. The molecule has 150 valence electrons. The van der Waals surface area contributed by atoms with Crippen LogP contribution in [0.15, 0.2) is 48.5 Å². The third-order valence-electron chi connectivity index (χ3n) is 4.28. The number of nitro groups is 1. The van der Waals surface area contributed by atoms with Gasteiger partial charge in [0.05, 0.1) is 16.5 Å². The zero-order valence-electron chi connectivity index (χ0n) is 15.0. The molecule has 29 heavy (non-hydrogen) atoms. The summed E-state index contributed by atoms with van der Waals surface area (Å²) in [4.78, 5) is 48.0. The zero-order chi connectivity index (χ0) is 21.0. The molecule has 2 aromatic carbocycles. The van der Waals surface area contributed by atoms with Crippen LogP contribution in [0.3, 0.4) is 0 Å². The van der Waals surface area contributed by atoms with Gasteiger partial charge < -0.3 is 15.0 Å². The van der Waals surface area contributed by atoms with E-state index in [-0.39, 0.29) is 24.6 Å². The second-order valence-electron chi connectivity index (χ2n) is 6.35. The standard InChI is InChI=1S/C19H16ClN3O6/c20-13-4-6-14(7-5-13)21-17(24)11-29-19(26)12-8-18(25)22(10-12)15-2-1-3-16(9-15)23(27)28/h1-7,9,12H,8,10-11H2,(H,21,24)/t12-/m0/s1. The maximum absolute atomic E-state index is 12.2. The van der Waals surface area contributed by atoms with E-state index in [1.165, 1.54) is 23.1 Å². The highest BCUT2D eigenvalue weighted by atomic mass is 35.5. The maximum Gasteiger partial charge on any atom is 0.311 e. The monoisotopic (exact) mass is 417 g/mol.